The van der Waals surface area contributed by atoms with Gasteiger partial charge in [0.15, 0.2) is 0 Å². The van der Waals surface area contributed by atoms with Crippen LogP contribution < -0.4 is 0 Å². The largest absolute Gasteiger partial charge is 0.480 e. The molecule has 0 aromatic carbocycles. The van der Waals surface area contributed by atoms with E-state index < -0.39 is 12.0 Å². The summed E-state index contributed by atoms with van der Waals surface area (Å²) in [7, 11) is 0. The third-order valence-corrected chi connectivity index (χ3v) is 6.23. The van der Waals surface area contributed by atoms with Gasteiger partial charge in [0, 0.05) is 12.5 Å². The Morgan fingerprint density at radius 3 is 2.52 bits per heavy atom. The Balaban J connectivity index is 1.81. The number of hydrogen-bond donors (Lipinski definition) is 1. The molecule has 2 aliphatic carbocycles. The number of fused-ring (bicyclic) bond motifs is 1. The molecule has 0 bridgehead atoms. The number of rotatable bonds is 2. The van der Waals surface area contributed by atoms with Crippen LogP contribution in [0.5, 0.6) is 0 Å². The number of likely N-dealkylation sites (tertiary alicyclic amines) is 1. The lowest BCUT2D eigenvalue weighted by Crippen LogP contribution is -2.49. The van der Waals surface area contributed by atoms with Crippen LogP contribution in [0.25, 0.3) is 0 Å². The van der Waals surface area contributed by atoms with Crippen LogP contribution in [0.1, 0.15) is 58.8 Å². The molecular formula is C17H27NO3. The van der Waals surface area contributed by atoms with E-state index in [4.69, 9.17) is 0 Å². The highest BCUT2D eigenvalue weighted by molar-refractivity contribution is 5.86. The lowest BCUT2D eigenvalue weighted by molar-refractivity contribution is -0.154. The zero-order valence-electron chi connectivity index (χ0n) is 13.2. The van der Waals surface area contributed by atoms with Crippen molar-refractivity contribution in [1.82, 2.24) is 4.90 Å². The van der Waals surface area contributed by atoms with Crippen molar-refractivity contribution >= 4 is 11.9 Å². The molecule has 4 atom stereocenters. The van der Waals surface area contributed by atoms with Crippen molar-refractivity contribution < 1.29 is 14.7 Å². The average molecular weight is 293 g/mol. The van der Waals surface area contributed by atoms with E-state index in [1.54, 1.807) is 4.90 Å². The van der Waals surface area contributed by atoms with Crippen LogP contribution in [-0.4, -0.2) is 34.5 Å². The summed E-state index contributed by atoms with van der Waals surface area (Å²) in [5.41, 5.74) is 0.0100. The molecule has 1 aliphatic heterocycles. The molecule has 3 aliphatic rings. The zero-order chi connectivity index (χ0) is 15.2. The summed E-state index contributed by atoms with van der Waals surface area (Å²) in [6, 6.07) is -0.567. The second-order valence-corrected chi connectivity index (χ2v) is 7.92. The Labute approximate surface area is 126 Å². The van der Waals surface area contributed by atoms with Crippen molar-refractivity contribution in [2.24, 2.45) is 23.2 Å². The lowest BCUT2D eigenvalue weighted by atomic mass is 9.68. The Morgan fingerprint density at radius 1 is 1.10 bits per heavy atom. The van der Waals surface area contributed by atoms with E-state index in [9.17, 15) is 14.7 Å². The summed E-state index contributed by atoms with van der Waals surface area (Å²) in [5, 5.41) is 9.61. The van der Waals surface area contributed by atoms with E-state index in [2.05, 4.69) is 13.8 Å². The zero-order valence-corrected chi connectivity index (χ0v) is 13.2. The van der Waals surface area contributed by atoms with E-state index in [1.807, 2.05) is 0 Å². The van der Waals surface area contributed by atoms with Gasteiger partial charge in [-0.2, -0.15) is 0 Å². The fourth-order valence-electron chi connectivity index (χ4n) is 5.00. The van der Waals surface area contributed by atoms with E-state index in [0.717, 1.165) is 38.5 Å². The molecular weight excluding hydrogens is 266 g/mol. The van der Waals surface area contributed by atoms with Gasteiger partial charge in [-0.05, 0) is 42.9 Å². The minimum Gasteiger partial charge on any atom is -0.480 e. The maximum Gasteiger partial charge on any atom is 0.326 e. The van der Waals surface area contributed by atoms with Crippen molar-refractivity contribution in [2.45, 2.75) is 64.8 Å². The molecule has 0 spiro atoms. The Morgan fingerprint density at radius 2 is 1.86 bits per heavy atom. The summed E-state index contributed by atoms with van der Waals surface area (Å²) < 4.78 is 0. The quantitative estimate of drug-likeness (QED) is 0.851. The van der Waals surface area contributed by atoms with Crippen LogP contribution in [0.15, 0.2) is 0 Å². The molecule has 1 heterocycles. The molecule has 21 heavy (non-hydrogen) atoms. The Kier molecular flexibility index (Phi) is 3.74. The molecule has 0 radical (unpaired) electrons. The average Bonchev–Trinajstić information content (AvgIpc) is 2.96. The van der Waals surface area contributed by atoms with Crippen LogP contribution in [0.2, 0.25) is 0 Å². The third kappa shape index (κ3) is 2.47. The van der Waals surface area contributed by atoms with E-state index in [-0.39, 0.29) is 23.2 Å². The van der Waals surface area contributed by atoms with Crippen LogP contribution in [-0.2, 0) is 9.59 Å². The topological polar surface area (TPSA) is 57.6 Å². The first-order valence-electron chi connectivity index (χ1n) is 8.45. The fraction of sp³-hybridized carbons (Fsp3) is 0.882. The number of amides is 1. The van der Waals surface area contributed by atoms with Crippen molar-refractivity contribution in [3.63, 3.8) is 0 Å². The molecule has 1 N–H and O–H groups in total. The first-order valence-corrected chi connectivity index (χ1v) is 8.45. The number of carbonyl (C=O) groups excluding carboxylic acids is 1. The molecule has 0 aromatic rings. The van der Waals surface area contributed by atoms with Gasteiger partial charge >= 0.3 is 5.97 Å². The van der Waals surface area contributed by atoms with Gasteiger partial charge < -0.3 is 10.0 Å². The molecule has 1 amide bonds. The summed E-state index contributed by atoms with van der Waals surface area (Å²) in [6.07, 6.45) is 7.45. The smallest absolute Gasteiger partial charge is 0.326 e. The predicted octanol–water partition coefficient (Wildman–Crippen LogP) is 2.91. The monoisotopic (exact) mass is 293 g/mol. The SMILES string of the molecule is CC1(C)CCCCC1C(=O)N1CC2CCCC2C1C(=O)O. The van der Waals surface area contributed by atoms with Crippen LogP contribution in [0.3, 0.4) is 0 Å². The highest BCUT2D eigenvalue weighted by atomic mass is 16.4. The highest BCUT2D eigenvalue weighted by Gasteiger charge is 2.52. The van der Waals surface area contributed by atoms with Gasteiger partial charge in [0.2, 0.25) is 5.91 Å². The first-order chi connectivity index (χ1) is 9.92. The summed E-state index contributed by atoms with van der Waals surface area (Å²) in [4.78, 5) is 26.5. The minimum absolute atomic E-state index is 0.00641. The maximum atomic E-state index is 13.0. The van der Waals surface area contributed by atoms with Gasteiger partial charge in [-0.1, -0.05) is 33.1 Å². The summed E-state index contributed by atoms with van der Waals surface area (Å²) in [6.45, 7) is 5.01. The third-order valence-electron chi connectivity index (χ3n) is 6.23. The second kappa shape index (κ2) is 5.29. The van der Waals surface area contributed by atoms with Crippen LogP contribution >= 0.6 is 0 Å². The summed E-state index contributed by atoms with van der Waals surface area (Å²) >= 11 is 0. The Hall–Kier alpha value is -1.06. The number of aliphatic carboxylic acids is 1. The molecule has 0 aromatic heterocycles. The first kappa shape index (κ1) is 14.9. The lowest BCUT2D eigenvalue weighted by Gasteiger charge is -2.40. The van der Waals surface area contributed by atoms with E-state index in [0.29, 0.717) is 12.5 Å². The van der Waals surface area contributed by atoms with Gasteiger partial charge in [-0.25, -0.2) is 4.79 Å². The minimum atomic E-state index is -0.800. The predicted molar refractivity (Wildman–Crippen MR) is 79.7 cm³/mol. The molecule has 4 nitrogen and oxygen atoms in total. The van der Waals surface area contributed by atoms with Gasteiger partial charge in [-0.3, -0.25) is 4.79 Å². The van der Waals surface area contributed by atoms with Crippen LogP contribution in [0.4, 0.5) is 0 Å². The maximum absolute atomic E-state index is 13.0. The van der Waals surface area contributed by atoms with Crippen molar-refractivity contribution in [2.75, 3.05) is 6.54 Å². The van der Waals surface area contributed by atoms with Crippen molar-refractivity contribution in [1.29, 1.82) is 0 Å². The fourth-order valence-corrected chi connectivity index (χ4v) is 5.00. The molecule has 4 unspecified atom stereocenters. The van der Waals surface area contributed by atoms with Crippen LogP contribution in [0, 0.1) is 23.2 Å². The van der Waals surface area contributed by atoms with Crippen molar-refractivity contribution in [3.05, 3.63) is 0 Å². The number of carboxylic acid groups (broad SMARTS) is 1. The van der Waals surface area contributed by atoms with Gasteiger partial charge in [-0.15, -0.1) is 0 Å². The number of carbonyl (C=O) groups is 2. The van der Waals surface area contributed by atoms with E-state index >= 15 is 0 Å². The second-order valence-electron chi connectivity index (χ2n) is 7.92. The molecule has 2 saturated carbocycles. The molecule has 3 rings (SSSR count). The van der Waals surface area contributed by atoms with Crippen molar-refractivity contribution in [3.8, 4) is 0 Å². The number of nitrogens with zero attached hydrogens (tertiary/aromatic N) is 1. The van der Waals surface area contributed by atoms with Gasteiger partial charge in [0.05, 0.1) is 0 Å². The normalized spacial score (nSPS) is 38.3. The standard InChI is InChI=1S/C17H27NO3/c1-17(2)9-4-3-8-13(17)15(19)18-10-11-6-5-7-12(11)14(18)16(20)21/h11-14H,3-10H2,1-2H3,(H,20,21). The molecule has 1 saturated heterocycles. The molecule has 4 heteroatoms. The number of carboxylic acids is 1. The molecule has 118 valence electrons. The Bertz CT molecular complexity index is 445. The molecule has 3 fully saturated rings. The van der Waals surface area contributed by atoms with Gasteiger partial charge in [0.25, 0.3) is 0 Å². The number of hydrogen-bond acceptors (Lipinski definition) is 2. The van der Waals surface area contributed by atoms with E-state index in [1.165, 1.54) is 6.42 Å². The van der Waals surface area contributed by atoms with Gasteiger partial charge in [0.1, 0.15) is 6.04 Å². The summed E-state index contributed by atoms with van der Waals surface area (Å²) in [5.74, 6) is -0.0697. The highest BCUT2D eigenvalue weighted by Crippen LogP contribution is 2.46.